The fourth-order valence-electron chi connectivity index (χ4n) is 3.59. The number of ether oxygens (including phenoxy) is 1. The van der Waals surface area contributed by atoms with Gasteiger partial charge in [0, 0.05) is 17.2 Å². The van der Waals surface area contributed by atoms with E-state index in [0.29, 0.717) is 27.6 Å². The molecular formula is C21H19ClN6O2S. The summed E-state index contributed by atoms with van der Waals surface area (Å²) in [5.41, 5.74) is 1.32. The molecule has 0 amide bonds. The predicted molar refractivity (Wildman–Crippen MR) is 119 cm³/mol. The number of hydrogen-bond donors (Lipinski definition) is 0. The molecule has 0 saturated carbocycles. The molecule has 1 atom stereocenters. The van der Waals surface area contributed by atoms with Crippen molar-refractivity contribution in [1.29, 1.82) is 0 Å². The Morgan fingerprint density at radius 3 is 2.74 bits per heavy atom. The summed E-state index contributed by atoms with van der Waals surface area (Å²) in [7, 11) is 0. The Bertz CT molecular complexity index is 1270. The SMILES string of the molecule is O=c1c2ccccc2nnn1CSc1nnc(-c2ccc(Cl)cc2)n1C[C@H]1CCCO1. The Morgan fingerprint density at radius 2 is 1.94 bits per heavy atom. The monoisotopic (exact) mass is 454 g/mol. The summed E-state index contributed by atoms with van der Waals surface area (Å²) in [5.74, 6) is 1.02. The molecule has 158 valence electrons. The van der Waals surface area contributed by atoms with Gasteiger partial charge < -0.3 is 4.74 Å². The first-order valence-corrected chi connectivity index (χ1v) is 11.3. The Hall–Kier alpha value is -2.75. The minimum atomic E-state index is -0.179. The molecule has 4 aromatic rings. The van der Waals surface area contributed by atoms with Crippen LogP contribution in [0.3, 0.4) is 0 Å². The lowest BCUT2D eigenvalue weighted by Crippen LogP contribution is -2.23. The van der Waals surface area contributed by atoms with Crippen molar-refractivity contribution in [1.82, 2.24) is 29.8 Å². The fourth-order valence-corrected chi connectivity index (χ4v) is 4.54. The van der Waals surface area contributed by atoms with Crippen LogP contribution in [-0.4, -0.2) is 42.5 Å². The van der Waals surface area contributed by atoms with E-state index in [-0.39, 0.29) is 17.5 Å². The lowest BCUT2D eigenvalue weighted by atomic mass is 10.2. The maximum Gasteiger partial charge on any atom is 0.278 e. The van der Waals surface area contributed by atoms with Crippen LogP contribution in [0.25, 0.3) is 22.3 Å². The Balaban J connectivity index is 1.45. The van der Waals surface area contributed by atoms with Gasteiger partial charge in [-0.2, -0.15) is 4.68 Å². The lowest BCUT2D eigenvalue weighted by Gasteiger charge is -2.15. The molecule has 0 N–H and O–H groups in total. The third-order valence-electron chi connectivity index (χ3n) is 5.17. The fraction of sp³-hybridized carbons (Fsp3) is 0.286. The van der Waals surface area contributed by atoms with Gasteiger partial charge in [0.1, 0.15) is 5.52 Å². The molecule has 1 aliphatic heterocycles. The molecule has 2 aromatic heterocycles. The molecule has 0 radical (unpaired) electrons. The van der Waals surface area contributed by atoms with Crippen molar-refractivity contribution in [2.45, 2.75) is 36.5 Å². The number of nitrogens with zero attached hydrogens (tertiary/aromatic N) is 6. The summed E-state index contributed by atoms with van der Waals surface area (Å²) in [6.07, 6.45) is 2.16. The Morgan fingerprint density at radius 1 is 1.10 bits per heavy atom. The highest BCUT2D eigenvalue weighted by Gasteiger charge is 2.22. The van der Waals surface area contributed by atoms with Crippen LogP contribution in [-0.2, 0) is 17.2 Å². The van der Waals surface area contributed by atoms with Crippen molar-refractivity contribution >= 4 is 34.3 Å². The molecule has 10 heteroatoms. The smallest absolute Gasteiger partial charge is 0.278 e. The summed E-state index contributed by atoms with van der Waals surface area (Å²) < 4.78 is 9.23. The summed E-state index contributed by atoms with van der Waals surface area (Å²) >= 11 is 7.44. The van der Waals surface area contributed by atoms with Crippen molar-refractivity contribution < 1.29 is 4.74 Å². The highest BCUT2D eigenvalue weighted by molar-refractivity contribution is 7.98. The number of rotatable bonds is 6. The van der Waals surface area contributed by atoms with E-state index in [9.17, 15) is 4.79 Å². The zero-order valence-corrected chi connectivity index (χ0v) is 18.1. The minimum absolute atomic E-state index is 0.115. The third-order valence-corrected chi connectivity index (χ3v) is 6.36. The second kappa shape index (κ2) is 8.78. The molecule has 31 heavy (non-hydrogen) atoms. The predicted octanol–water partition coefficient (Wildman–Crippen LogP) is 3.63. The number of benzene rings is 2. The number of thioether (sulfide) groups is 1. The van der Waals surface area contributed by atoms with E-state index in [2.05, 4.69) is 20.5 Å². The first-order valence-electron chi connectivity index (χ1n) is 9.95. The molecule has 0 bridgehead atoms. The third kappa shape index (κ3) is 4.21. The van der Waals surface area contributed by atoms with E-state index in [1.807, 2.05) is 41.0 Å². The van der Waals surface area contributed by atoms with Crippen molar-refractivity contribution in [3.05, 3.63) is 63.9 Å². The van der Waals surface area contributed by atoms with Crippen molar-refractivity contribution in [3.63, 3.8) is 0 Å². The largest absolute Gasteiger partial charge is 0.376 e. The zero-order valence-electron chi connectivity index (χ0n) is 16.5. The summed E-state index contributed by atoms with van der Waals surface area (Å²) in [6, 6.07) is 14.7. The molecule has 1 saturated heterocycles. The van der Waals surface area contributed by atoms with Crippen LogP contribution in [0, 0.1) is 0 Å². The summed E-state index contributed by atoms with van der Waals surface area (Å²) in [6.45, 7) is 1.42. The summed E-state index contributed by atoms with van der Waals surface area (Å²) in [5, 5.41) is 18.9. The zero-order chi connectivity index (χ0) is 21.2. The van der Waals surface area contributed by atoms with Gasteiger partial charge in [0.25, 0.3) is 5.56 Å². The van der Waals surface area contributed by atoms with Gasteiger partial charge in [-0.1, -0.05) is 40.7 Å². The number of aromatic nitrogens is 6. The standard InChI is InChI=1S/C21H19ClN6O2S/c22-15-9-7-14(8-10-15)19-24-25-21(27(19)12-16-4-3-11-30-16)31-13-28-20(29)17-5-1-2-6-18(17)23-26-28/h1-2,5-10,16H,3-4,11-13H2/t16-/m1/s1. The van der Waals surface area contributed by atoms with E-state index < -0.39 is 0 Å². The van der Waals surface area contributed by atoms with Gasteiger partial charge in [-0.3, -0.25) is 9.36 Å². The van der Waals surface area contributed by atoms with Gasteiger partial charge in [0.2, 0.25) is 0 Å². The molecular weight excluding hydrogens is 436 g/mol. The first kappa shape index (κ1) is 20.2. The molecule has 5 rings (SSSR count). The lowest BCUT2D eigenvalue weighted by molar-refractivity contribution is 0.0953. The number of hydrogen-bond acceptors (Lipinski definition) is 7. The van der Waals surface area contributed by atoms with Crippen LogP contribution in [0.2, 0.25) is 5.02 Å². The van der Waals surface area contributed by atoms with Crippen LogP contribution in [0.15, 0.2) is 58.5 Å². The normalized spacial score (nSPS) is 16.2. The maximum atomic E-state index is 12.7. The quantitative estimate of drug-likeness (QED) is 0.411. The topological polar surface area (TPSA) is 87.7 Å². The van der Waals surface area contributed by atoms with Gasteiger partial charge in [-0.05, 0) is 49.2 Å². The molecule has 0 aliphatic carbocycles. The first-order chi connectivity index (χ1) is 15.2. The van der Waals surface area contributed by atoms with E-state index >= 15 is 0 Å². The molecule has 0 spiro atoms. The molecule has 0 unspecified atom stereocenters. The van der Waals surface area contributed by atoms with Crippen LogP contribution in [0.1, 0.15) is 12.8 Å². The van der Waals surface area contributed by atoms with Gasteiger partial charge in [-0.15, -0.1) is 15.3 Å². The molecule has 1 fully saturated rings. The van der Waals surface area contributed by atoms with Crippen LogP contribution < -0.4 is 5.56 Å². The van der Waals surface area contributed by atoms with Crippen molar-refractivity contribution in [3.8, 4) is 11.4 Å². The minimum Gasteiger partial charge on any atom is -0.376 e. The molecule has 2 aromatic carbocycles. The van der Waals surface area contributed by atoms with Gasteiger partial charge in [0.15, 0.2) is 11.0 Å². The Kier molecular flexibility index (Phi) is 5.71. The second-order valence-electron chi connectivity index (χ2n) is 7.24. The van der Waals surface area contributed by atoms with E-state index in [1.54, 1.807) is 12.1 Å². The van der Waals surface area contributed by atoms with Crippen molar-refractivity contribution in [2.75, 3.05) is 6.61 Å². The van der Waals surface area contributed by atoms with E-state index in [4.69, 9.17) is 16.3 Å². The maximum absolute atomic E-state index is 12.7. The Labute approximate surface area is 187 Å². The second-order valence-corrected chi connectivity index (χ2v) is 8.59. The molecule has 1 aliphatic rings. The number of halogens is 1. The summed E-state index contributed by atoms with van der Waals surface area (Å²) in [4.78, 5) is 12.7. The highest BCUT2D eigenvalue weighted by Crippen LogP contribution is 2.27. The molecule has 3 heterocycles. The van der Waals surface area contributed by atoms with Gasteiger partial charge in [0.05, 0.1) is 23.9 Å². The van der Waals surface area contributed by atoms with Crippen LogP contribution in [0.5, 0.6) is 0 Å². The molecule has 8 nitrogen and oxygen atoms in total. The average molecular weight is 455 g/mol. The average Bonchev–Trinajstić information content (AvgIpc) is 3.45. The highest BCUT2D eigenvalue weighted by atomic mass is 35.5. The van der Waals surface area contributed by atoms with Gasteiger partial charge in [-0.25, -0.2) is 0 Å². The van der Waals surface area contributed by atoms with Gasteiger partial charge >= 0.3 is 0 Å². The van der Waals surface area contributed by atoms with Crippen LogP contribution >= 0.6 is 23.4 Å². The van der Waals surface area contributed by atoms with Crippen molar-refractivity contribution in [2.24, 2.45) is 0 Å². The van der Waals surface area contributed by atoms with E-state index in [1.165, 1.54) is 16.4 Å². The van der Waals surface area contributed by atoms with E-state index in [0.717, 1.165) is 30.8 Å². The van der Waals surface area contributed by atoms with Crippen LogP contribution in [0.4, 0.5) is 0 Å². The number of fused-ring (bicyclic) bond motifs is 1.